The second kappa shape index (κ2) is 6.74. The van der Waals surface area contributed by atoms with Crippen LogP contribution in [-0.2, 0) is 0 Å². The number of hydrogen-bond acceptors (Lipinski definition) is 2. The van der Waals surface area contributed by atoms with Gasteiger partial charge in [0.1, 0.15) is 0 Å². The fourth-order valence-electron chi connectivity index (χ4n) is 2.37. The highest BCUT2D eigenvalue weighted by Gasteiger charge is 2.16. The average Bonchev–Trinajstić information content (AvgIpc) is 2.42. The van der Waals surface area contributed by atoms with Crippen LogP contribution in [0, 0.1) is 5.82 Å². The first-order valence-electron chi connectivity index (χ1n) is 6.94. The Kier molecular flexibility index (Phi) is 5.00. The first-order chi connectivity index (χ1) is 8.81. The lowest BCUT2D eigenvalue weighted by molar-refractivity contribution is 0.293. The van der Waals surface area contributed by atoms with E-state index < -0.39 is 0 Å². The molecule has 2 rings (SSSR count). The summed E-state index contributed by atoms with van der Waals surface area (Å²) in [6.45, 7) is 4.80. The van der Waals surface area contributed by atoms with Crippen LogP contribution in [-0.4, -0.2) is 19.7 Å². The zero-order chi connectivity index (χ0) is 12.8. The lowest BCUT2D eigenvalue weighted by atomic mass is 9.90. The second-order valence-corrected chi connectivity index (χ2v) is 4.92. The van der Waals surface area contributed by atoms with Gasteiger partial charge in [-0.3, -0.25) is 0 Å². The van der Waals surface area contributed by atoms with Crippen LogP contribution in [0.2, 0.25) is 0 Å². The van der Waals surface area contributed by atoms with Crippen LogP contribution in [0.1, 0.15) is 44.1 Å². The fraction of sp³-hybridized carbons (Fsp3) is 0.600. The quantitative estimate of drug-likeness (QED) is 0.809. The summed E-state index contributed by atoms with van der Waals surface area (Å²) in [5, 5.41) is 3.35. The molecule has 0 atom stereocenters. The molecule has 0 spiro atoms. The van der Waals surface area contributed by atoms with Crippen molar-refractivity contribution in [3.05, 3.63) is 29.6 Å². The molecule has 0 saturated carbocycles. The Morgan fingerprint density at radius 2 is 2.11 bits per heavy atom. The molecular formula is C15H22FNO. The number of piperidine rings is 1. The largest absolute Gasteiger partial charge is 0.491 e. The Morgan fingerprint density at radius 1 is 1.33 bits per heavy atom. The molecule has 3 heteroatoms. The molecule has 1 N–H and O–H groups in total. The van der Waals surface area contributed by atoms with Gasteiger partial charge in [0.2, 0.25) is 0 Å². The summed E-state index contributed by atoms with van der Waals surface area (Å²) >= 11 is 0. The van der Waals surface area contributed by atoms with E-state index in [4.69, 9.17) is 4.74 Å². The molecule has 100 valence electrons. The molecule has 0 amide bonds. The first-order valence-corrected chi connectivity index (χ1v) is 6.94. The van der Waals surface area contributed by atoms with Crippen molar-refractivity contribution >= 4 is 0 Å². The highest BCUT2D eigenvalue weighted by molar-refractivity contribution is 5.32. The molecule has 18 heavy (non-hydrogen) atoms. The monoisotopic (exact) mass is 251 g/mol. The number of benzene rings is 1. The van der Waals surface area contributed by atoms with Crippen LogP contribution in [0.15, 0.2) is 18.2 Å². The van der Waals surface area contributed by atoms with Gasteiger partial charge in [0.05, 0.1) is 6.61 Å². The Bertz CT molecular complexity index is 375. The van der Waals surface area contributed by atoms with Crippen molar-refractivity contribution in [2.75, 3.05) is 19.7 Å². The van der Waals surface area contributed by atoms with Crippen molar-refractivity contribution in [2.24, 2.45) is 0 Å². The van der Waals surface area contributed by atoms with Gasteiger partial charge in [0.15, 0.2) is 11.6 Å². The van der Waals surface area contributed by atoms with Gasteiger partial charge in [-0.05, 0) is 56.0 Å². The predicted molar refractivity (Wildman–Crippen MR) is 71.6 cm³/mol. The number of nitrogens with one attached hydrogen (secondary N) is 1. The maximum absolute atomic E-state index is 13.6. The van der Waals surface area contributed by atoms with E-state index in [2.05, 4.69) is 12.2 Å². The minimum Gasteiger partial charge on any atom is -0.491 e. The molecular weight excluding hydrogens is 229 g/mol. The lowest BCUT2D eigenvalue weighted by Gasteiger charge is -2.23. The molecule has 0 aromatic heterocycles. The number of halogens is 1. The minimum absolute atomic E-state index is 0.246. The third-order valence-corrected chi connectivity index (χ3v) is 3.52. The molecule has 1 fully saturated rings. The third-order valence-electron chi connectivity index (χ3n) is 3.52. The number of hydrogen-bond donors (Lipinski definition) is 1. The summed E-state index contributed by atoms with van der Waals surface area (Å²) in [7, 11) is 0. The fourth-order valence-corrected chi connectivity index (χ4v) is 2.37. The van der Waals surface area contributed by atoms with Crippen molar-refractivity contribution in [3.63, 3.8) is 0 Å². The van der Waals surface area contributed by atoms with E-state index in [0.717, 1.165) is 38.8 Å². The molecule has 2 nitrogen and oxygen atoms in total. The van der Waals surface area contributed by atoms with Crippen LogP contribution >= 0.6 is 0 Å². The van der Waals surface area contributed by atoms with Crippen molar-refractivity contribution in [2.45, 2.75) is 38.5 Å². The van der Waals surface area contributed by atoms with Gasteiger partial charge in [-0.1, -0.05) is 19.4 Å². The van der Waals surface area contributed by atoms with Crippen LogP contribution in [0.3, 0.4) is 0 Å². The maximum atomic E-state index is 13.6. The van der Waals surface area contributed by atoms with Crippen LogP contribution < -0.4 is 10.1 Å². The smallest absolute Gasteiger partial charge is 0.165 e. The third kappa shape index (κ3) is 3.45. The highest BCUT2D eigenvalue weighted by Crippen LogP contribution is 2.29. The summed E-state index contributed by atoms with van der Waals surface area (Å²) < 4.78 is 19.1. The molecule has 0 unspecified atom stereocenters. The van der Waals surface area contributed by atoms with Crippen LogP contribution in [0.25, 0.3) is 0 Å². The van der Waals surface area contributed by atoms with Gasteiger partial charge in [-0.15, -0.1) is 0 Å². The number of rotatable bonds is 5. The average molecular weight is 251 g/mol. The highest BCUT2D eigenvalue weighted by atomic mass is 19.1. The van der Waals surface area contributed by atoms with E-state index in [1.807, 2.05) is 12.1 Å². The van der Waals surface area contributed by atoms with Gasteiger partial charge >= 0.3 is 0 Å². The summed E-state index contributed by atoms with van der Waals surface area (Å²) in [5.41, 5.74) is 1.21. The number of unbranched alkanes of at least 4 members (excludes halogenated alkanes) is 1. The van der Waals surface area contributed by atoms with Crippen molar-refractivity contribution in [3.8, 4) is 5.75 Å². The standard InChI is InChI=1S/C15H22FNO/c1-2-3-10-18-15-11-13(4-5-14(15)16)12-6-8-17-9-7-12/h4-5,11-12,17H,2-3,6-10H2,1H3. The van der Waals surface area contributed by atoms with E-state index in [-0.39, 0.29) is 5.82 Å². The Hall–Kier alpha value is -1.09. The molecule has 0 bridgehead atoms. The molecule has 1 aromatic carbocycles. The Labute approximate surface area is 109 Å². The van der Waals surface area contributed by atoms with Crippen molar-refractivity contribution in [1.82, 2.24) is 5.32 Å². The zero-order valence-corrected chi connectivity index (χ0v) is 11.0. The Morgan fingerprint density at radius 3 is 2.83 bits per heavy atom. The SMILES string of the molecule is CCCCOc1cc(C2CCNCC2)ccc1F. The summed E-state index contributed by atoms with van der Waals surface area (Å²) in [5.74, 6) is 0.712. The summed E-state index contributed by atoms with van der Waals surface area (Å²) in [6, 6.07) is 5.33. The minimum atomic E-state index is -0.246. The summed E-state index contributed by atoms with van der Waals surface area (Å²) in [6.07, 6.45) is 4.28. The number of ether oxygens (including phenoxy) is 1. The van der Waals surface area contributed by atoms with Crippen LogP contribution in [0.5, 0.6) is 5.75 Å². The zero-order valence-electron chi connectivity index (χ0n) is 11.0. The van der Waals surface area contributed by atoms with E-state index in [1.165, 1.54) is 5.56 Å². The van der Waals surface area contributed by atoms with Gasteiger partial charge in [-0.25, -0.2) is 4.39 Å². The van der Waals surface area contributed by atoms with Gasteiger partial charge in [-0.2, -0.15) is 0 Å². The Balaban J connectivity index is 2.04. The second-order valence-electron chi connectivity index (χ2n) is 4.92. The lowest BCUT2D eigenvalue weighted by Crippen LogP contribution is -2.26. The maximum Gasteiger partial charge on any atom is 0.165 e. The molecule has 1 aliphatic heterocycles. The van der Waals surface area contributed by atoms with Crippen molar-refractivity contribution in [1.29, 1.82) is 0 Å². The topological polar surface area (TPSA) is 21.3 Å². The van der Waals surface area contributed by atoms with E-state index in [1.54, 1.807) is 6.07 Å². The van der Waals surface area contributed by atoms with Crippen LogP contribution in [0.4, 0.5) is 4.39 Å². The van der Waals surface area contributed by atoms with Gasteiger partial charge < -0.3 is 10.1 Å². The van der Waals surface area contributed by atoms with E-state index >= 15 is 0 Å². The van der Waals surface area contributed by atoms with E-state index in [9.17, 15) is 4.39 Å². The molecule has 1 heterocycles. The first kappa shape index (κ1) is 13.3. The van der Waals surface area contributed by atoms with E-state index in [0.29, 0.717) is 18.3 Å². The predicted octanol–water partition coefficient (Wildman–Crippen LogP) is 3.47. The molecule has 1 aliphatic rings. The van der Waals surface area contributed by atoms with Gasteiger partial charge in [0.25, 0.3) is 0 Å². The molecule has 0 aliphatic carbocycles. The summed E-state index contributed by atoms with van der Waals surface area (Å²) in [4.78, 5) is 0. The van der Waals surface area contributed by atoms with Crippen molar-refractivity contribution < 1.29 is 9.13 Å². The molecule has 0 radical (unpaired) electrons. The molecule has 1 aromatic rings. The van der Waals surface area contributed by atoms with Gasteiger partial charge in [0, 0.05) is 0 Å². The molecule has 1 saturated heterocycles. The normalized spacial score (nSPS) is 16.8.